The van der Waals surface area contributed by atoms with Crippen LogP contribution in [0.5, 0.6) is 0 Å². The Morgan fingerprint density at radius 2 is 1.58 bits per heavy atom. The highest BCUT2D eigenvalue weighted by Gasteiger charge is 2.55. The largest absolute Gasteiger partial charge is 0.460 e. The number of nitrogens with zero attached hydrogens (tertiary/aromatic N) is 1. The van der Waals surface area contributed by atoms with E-state index in [2.05, 4.69) is 0 Å². The van der Waals surface area contributed by atoms with Gasteiger partial charge in [-0.3, -0.25) is 19.2 Å². The van der Waals surface area contributed by atoms with Crippen LogP contribution in [-0.4, -0.2) is 127 Å². The Hall–Kier alpha value is -3.40. The number of hydrogen-bond acceptors (Lipinski definition) is 12. The van der Waals surface area contributed by atoms with Crippen molar-refractivity contribution >= 4 is 29.2 Å². The number of carbonyl (C=O) groups is 5. The number of hydrogen-bond donors (Lipinski definition) is 2. The minimum atomic E-state index is -2.93. The number of aliphatic hydroxyl groups excluding tert-OH is 2. The fourth-order valence-electron chi connectivity index (χ4n) is 10.1. The van der Waals surface area contributed by atoms with Gasteiger partial charge in [0.2, 0.25) is 0 Å². The van der Waals surface area contributed by atoms with Gasteiger partial charge in [-0.1, -0.05) is 71.1 Å². The molecular weight excluding hydrogens is 838 g/mol. The Kier molecular flexibility index (Phi) is 20.9. The predicted molar refractivity (Wildman–Crippen MR) is 244 cm³/mol. The molecule has 3 aliphatic heterocycles. The van der Waals surface area contributed by atoms with Gasteiger partial charge in [0.25, 0.3) is 17.5 Å². The van der Waals surface area contributed by atoms with E-state index in [0.717, 1.165) is 10.5 Å². The standard InChI is InChI=1S/C51H78FNO12/c1-30-16-12-11-13-17-31(2)42(61-8)28-38-21-19-36(7)51(52,65-38)48(58)49(59)53-23-15-14-18-39(53)50(60)64-43(33(4)26-37-20-22-40(54)44(27-37)62-9)29-41(55)32(3)25-35(6)46(57)47(63-10)45(56)34(5)24-30/h11-13,16-17,25,30,32-34,36-40,42-44,46-47,54,57H,14-15,18-24,26-29H2,1-10H3/b13-11+,16-12+,31-17+,35-25+. The van der Waals surface area contributed by atoms with Crippen molar-refractivity contribution in [2.75, 3.05) is 27.9 Å². The van der Waals surface area contributed by atoms with Gasteiger partial charge in [0.1, 0.15) is 30.1 Å². The third-order valence-corrected chi connectivity index (χ3v) is 14.4. The lowest BCUT2D eigenvalue weighted by Crippen LogP contribution is -2.59. The number of amides is 1. The maximum atomic E-state index is 17.1. The lowest BCUT2D eigenvalue weighted by molar-refractivity contribution is -0.231. The van der Waals surface area contributed by atoms with Crippen LogP contribution in [0.25, 0.3) is 0 Å². The van der Waals surface area contributed by atoms with Gasteiger partial charge in [0.15, 0.2) is 5.78 Å². The maximum absolute atomic E-state index is 17.1. The van der Waals surface area contributed by atoms with Crippen LogP contribution < -0.4 is 0 Å². The third kappa shape index (κ3) is 14.3. The molecule has 14 heteroatoms. The smallest absolute Gasteiger partial charge is 0.329 e. The average molecular weight is 916 g/mol. The van der Waals surface area contributed by atoms with E-state index < -0.39 is 83.9 Å². The molecule has 1 amide bonds. The second-order valence-electron chi connectivity index (χ2n) is 19.5. The number of methoxy groups -OCH3 is 3. The number of aliphatic hydroxyl groups is 2. The van der Waals surface area contributed by atoms with E-state index in [1.165, 1.54) is 7.11 Å². The summed E-state index contributed by atoms with van der Waals surface area (Å²) in [4.78, 5) is 71.4. The van der Waals surface area contributed by atoms with Crippen molar-refractivity contribution in [1.29, 1.82) is 0 Å². The van der Waals surface area contributed by atoms with Crippen LogP contribution in [0.4, 0.5) is 4.39 Å². The number of alkyl halides is 1. The van der Waals surface area contributed by atoms with Crippen LogP contribution in [0.2, 0.25) is 0 Å². The number of cyclic esters (lactones) is 1. The zero-order valence-electron chi connectivity index (χ0n) is 40.5. The molecule has 4 rings (SSSR count). The molecule has 1 saturated carbocycles. The molecule has 0 aromatic rings. The van der Waals surface area contributed by atoms with Crippen molar-refractivity contribution in [1.82, 2.24) is 4.90 Å². The summed E-state index contributed by atoms with van der Waals surface area (Å²) < 4.78 is 46.1. The molecule has 3 heterocycles. The molecule has 13 nitrogen and oxygen atoms in total. The van der Waals surface area contributed by atoms with Crippen molar-refractivity contribution in [2.24, 2.45) is 35.5 Å². The summed E-state index contributed by atoms with van der Waals surface area (Å²) in [7, 11) is 4.47. The van der Waals surface area contributed by atoms with Gasteiger partial charge >= 0.3 is 5.97 Å². The second-order valence-corrected chi connectivity index (χ2v) is 19.5. The number of carbonyl (C=O) groups excluding carboxylic acids is 5. The highest BCUT2D eigenvalue weighted by Crippen LogP contribution is 2.40. The van der Waals surface area contributed by atoms with Crippen LogP contribution in [0.3, 0.4) is 0 Å². The van der Waals surface area contributed by atoms with Crippen LogP contribution in [0, 0.1) is 35.5 Å². The van der Waals surface area contributed by atoms with Crippen LogP contribution >= 0.6 is 0 Å². The van der Waals surface area contributed by atoms with Crippen molar-refractivity contribution < 1.29 is 62.3 Å². The normalized spacial score (nSPS) is 40.4. The first kappa shape index (κ1) is 54.2. The first-order chi connectivity index (χ1) is 30.7. The van der Waals surface area contributed by atoms with E-state index >= 15 is 4.39 Å². The number of halogens is 1. The van der Waals surface area contributed by atoms with Gasteiger partial charge in [0, 0.05) is 58.5 Å². The molecule has 2 N–H and O–H groups in total. The number of rotatable bonds is 6. The van der Waals surface area contributed by atoms with Crippen LogP contribution in [-0.2, 0) is 47.7 Å². The summed E-state index contributed by atoms with van der Waals surface area (Å²) >= 11 is 0. The summed E-state index contributed by atoms with van der Waals surface area (Å²) in [5.41, 5.74) is 1.22. The number of Topliss-reactive ketones (excluding diaryl/α,β-unsaturated/α-hetero) is 3. The number of ketones is 3. The number of fused-ring (bicyclic) bond motifs is 3. The molecule has 366 valence electrons. The van der Waals surface area contributed by atoms with Crippen LogP contribution in [0.15, 0.2) is 47.6 Å². The minimum absolute atomic E-state index is 0.00748. The monoisotopic (exact) mass is 916 g/mol. The lowest BCUT2D eigenvalue weighted by Gasteiger charge is -2.41. The van der Waals surface area contributed by atoms with E-state index in [9.17, 15) is 34.2 Å². The zero-order valence-corrected chi connectivity index (χ0v) is 40.5. The first-order valence-corrected chi connectivity index (χ1v) is 23.9. The molecule has 0 aromatic heterocycles. The molecule has 0 radical (unpaired) electrons. The molecule has 2 bridgehead atoms. The molecule has 1 aliphatic carbocycles. The topological polar surface area (TPSA) is 175 Å². The van der Waals surface area contributed by atoms with Crippen molar-refractivity contribution in [3.05, 3.63) is 47.6 Å². The number of ether oxygens (including phenoxy) is 5. The third-order valence-electron chi connectivity index (χ3n) is 14.4. The van der Waals surface area contributed by atoms with Gasteiger partial charge in [-0.2, -0.15) is 0 Å². The SMILES string of the molecule is COC1CC2CCC(C)C(F)(O2)C(=O)C(=O)N2CCCCC2C(=O)OC(C(C)CC2CCC(O)C(OC)C2)CC(=O)C(C)/C=C(\C)C(O)C(OC)C(=O)C(C)CC(C)/C=C/C=C/C=C/1C. The molecule has 65 heavy (non-hydrogen) atoms. The molecule has 0 spiro atoms. The van der Waals surface area contributed by atoms with Crippen molar-refractivity contribution in [3.8, 4) is 0 Å². The fourth-order valence-corrected chi connectivity index (χ4v) is 10.1. The van der Waals surface area contributed by atoms with E-state index in [4.69, 9.17) is 23.7 Å². The Morgan fingerprint density at radius 3 is 2.26 bits per heavy atom. The molecule has 0 aromatic carbocycles. The van der Waals surface area contributed by atoms with E-state index in [1.54, 1.807) is 48.0 Å². The first-order valence-electron chi connectivity index (χ1n) is 23.9. The van der Waals surface area contributed by atoms with E-state index in [0.29, 0.717) is 56.9 Å². The predicted octanol–water partition coefficient (Wildman–Crippen LogP) is 7.16. The quantitative estimate of drug-likeness (QED) is 0.157. The summed E-state index contributed by atoms with van der Waals surface area (Å²) in [5.74, 6) is -9.16. The summed E-state index contributed by atoms with van der Waals surface area (Å²) in [6.45, 7) is 12.5. The highest BCUT2D eigenvalue weighted by atomic mass is 19.2. The van der Waals surface area contributed by atoms with Gasteiger partial charge in [0.05, 0.1) is 24.4 Å². The number of piperidine rings is 1. The van der Waals surface area contributed by atoms with Gasteiger partial charge in [-0.05, 0) is 107 Å². The molecule has 15 unspecified atom stereocenters. The fraction of sp³-hybridized carbons (Fsp3) is 0.745. The van der Waals surface area contributed by atoms with Crippen LogP contribution in [0.1, 0.15) is 126 Å². The lowest BCUT2D eigenvalue weighted by atomic mass is 9.78. The Morgan fingerprint density at radius 1 is 0.862 bits per heavy atom. The Balaban J connectivity index is 1.70. The maximum Gasteiger partial charge on any atom is 0.329 e. The Labute approximate surface area is 386 Å². The molecule has 2 saturated heterocycles. The highest BCUT2D eigenvalue weighted by molar-refractivity contribution is 6.39. The molecule has 15 atom stereocenters. The van der Waals surface area contributed by atoms with Gasteiger partial charge in [-0.25, -0.2) is 9.18 Å². The van der Waals surface area contributed by atoms with E-state index in [1.807, 2.05) is 51.2 Å². The Bertz CT molecular complexity index is 1760. The summed E-state index contributed by atoms with van der Waals surface area (Å²) in [5, 5.41) is 21.9. The summed E-state index contributed by atoms with van der Waals surface area (Å²) in [6.07, 6.45) is 10.3. The molecule has 4 aliphatic rings. The van der Waals surface area contributed by atoms with Crippen molar-refractivity contribution in [2.45, 2.75) is 180 Å². The second kappa shape index (κ2) is 25.1. The molecule has 3 fully saturated rings. The van der Waals surface area contributed by atoms with Gasteiger partial charge in [-0.15, -0.1) is 0 Å². The zero-order chi connectivity index (χ0) is 48.2. The minimum Gasteiger partial charge on any atom is -0.460 e. The van der Waals surface area contributed by atoms with E-state index in [-0.39, 0.29) is 67.7 Å². The van der Waals surface area contributed by atoms with Crippen molar-refractivity contribution in [3.63, 3.8) is 0 Å². The number of esters is 1. The molecular formula is C51H78FNO12. The average Bonchev–Trinajstić information content (AvgIpc) is 3.28. The summed E-state index contributed by atoms with van der Waals surface area (Å²) in [6, 6.07) is -1.20. The van der Waals surface area contributed by atoms with Gasteiger partial charge < -0.3 is 38.8 Å². The number of allylic oxidation sites excluding steroid dienone is 6.